The van der Waals surface area contributed by atoms with E-state index in [4.69, 9.17) is 8.85 Å². The molecule has 0 radical (unpaired) electrons. The van der Waals surface area contributed by atoms with Crippen molar-refractivity contribution in [2.45, 2.75) is 148 Å². The molecule has 0 N–H and O–H groups in total. The molecule has 28 heavy (non-hydrogen) atoms. The molecule has 0 bridgehead atoms. The maximum absolute atomic E-state index is 5.90. The van der Waals surface area contributed by atoms with E-state index in [-0.39, 0.29) is 0 Å². The highest BCUT2D eigenvalue weighted by atomic mass is 28.4. The summed E-state index contributed by atoms with van der Waals surface area (Å²) in [4.78, 5) is 0. The van der Waals surface area contributed by atoms with Gasteiger partial charge in [-0.25, -0.2) is 0 Å². The van der Waals surface area contributed by atoms with Gasteiger partial charge in [0.2, 0.25) is 0 Å². The van der Waals surface area contributed by atoms with Gasteiger partial charge in [0.1, 0.15) is 0 Å². The van der Waals surface area contributed by atoms with Gasteiger partial charge in [-0.2, -0.15) is 0 Å². The molecular formula is C25H54O2Si. The minimum atomic E-state index is -1.90. The van der Waals surface area contributed by atoms with Crippen LogP contribution in [0.4, 0.5) is 0 Å². The van der Waals surface area contributed by atoms with Crippen LogP contribution in [0.1, 0.15) is 136 Å². The van der Waals surface area contributed by atoms with E-state index in [9.17, 15) is 0 Å². The second-order valence-electron chi connectivity index (χ2n) is 8.83. The first-order chi connectivity index (χ1) is 13.7. The predicted octanol–water partition coefficient (Wildman–Crippen LogP) is 9.17. The van der Waals surface area contributed by atoms with E-state index in [1.54, 1.807) is 0 Å². The molecule has 0 aliphatic heterocycles. The summed E-state index contributed by atoms with van der Waals surface area (Å²) in [5.74, 6) is 0. The second kappa shape index (κ2) is 21.8. The van der Waals surface area contributed by atoms with Crippen molar-refractivity contribution in [3.8, 4) is 0 Å². The van der Waals surface area contributed by atoms with Crippen LogP contribution in [0.2, 0.25) is 12.1 Å². The molecule has 0 saturated carbocycles. The third-order valence-corrected chi connectivity index (χ3v) is 10.0. The van der Waals surface area contributed by atoms with E-state index in [1.165, 1.54) is 134 Å². The Labute approximate surface area is 179 Å². The van der Waals surface area contributed by atoms with Crippen molar-refractivity contribution in [2.75, 3.05) is 14.2 Å². The van der Waals surface area contributed by atoms with Gasteiger partial charge in [0.05, 0.1) is 0 Å². The lowest BCUT2D eigenvalue weighted by molar-refractivity contribution is 0.238. The van der Waals surface area contributed by atoms with Crippen LogP contribution in [0.3, 0.4) is 0 Å². The molecule has 0 aliphatic rings. The molecule has 0 amide bonds. The van der Waals surface area contributed by atoms with E-state index >= 15 is 0 Å². The Morgan fingerprint density at radius 3 is 0.929 bits per heavy atom. The van der Waals surface area contributed by atoms with Crippen LogP contribution in [-0.2, 0) is 8.85 Å². The highest BCUT2D eigenvalue weighted by molar-refractivity contribution is 6.67. The zero-order chi connectivity index (χ0) is 20.8. The van der Waals surface area contributed by atoms with Gasteiger partial charge >= 0.3 is 8.56 Å². The molecule has 0 aromatic heterocycles. The largest absolute Gasteiger partial charge is 0.398 e. The predicted molar refractivity (Wildman–Crippen MR) is 128 cm³/mol. The summed E-state index contributed by atoms with van der Waals surface area (Å²) in [6, 6.07) is 2.36. The molecule has 0 spiro atoms. The van der Waals surface area contributed by atoms with Crippen LogP contribution in [0.25, 0.3) is 0 Å². The summed E-state index contributed by atoms with van der Waals surface area (Å²) in [6.45, 7) is 4.57. The summed E-state index contributed by atoms with van der Waals surface area (Å²) in [7, 11) is 1.85. The SMILES string of the molecule is CCCCCCCCCCCCCCCCC[Si](CCCCCC)(OC)OC. The summed E-state index contributed by atoms with van der Waals surface area (Å²) in [6.07, 6.45) is 26.6. The van der Waals surface area contributed by atoms with E-state index < -0.39 is 8.56 Å². The summed E-state index contributed by atoms with van der Waals surface area (Å²) >= 11 is 0. The van der Waals surface area contributed by atoms with Crippen molar-refractivity contribution in [3.05, 3.63) is 0 Å². The van der Waals surface area contributed by atoms with Crippen molar-refractivity contribution in [1.82, 2.24) is 0 Å². The number of rotatable bonds is 23. The lowest BCUT2D eigenvalue weighted by Gasteiger charge is -2.27. The average molecular weight is 415 g/mol. The van der Waals surface area contributed by atoms with Crippen molar-refractivity contribution >= 4 is 8.56 Å². The van der Waals surface area contributed by atoms with Crippen LogP contribution in [0.15, 0.2) is 0 Å². The molecular weight excluding hydrogens is 360 g/mol. The number of unbranched alkanes of at least 4 members (excludes halogenated alkanes) is 17. The summed E-state index contributed by atoms with van der Waals surface area (Å²) in [5.41, 5.74) is 0. The highest BCUT2D eigenvalue weighted by Crippen LogP contribution is 2.25. The third-order valence-electron chi connectivity index (χ3n) is 6.32. The van der Waals surface area contributed by atoms with Gasteiger partial charge < -0.3 is 8.85 Å². The molecule has 0 atom stereocenters. The normalized spacial score (nSPS) is 12.0. The Morgan fingerprint density at radius 2 is 0.643 bits per heavy atom. The van der Waals surface area contributed by atoms with Gasteiger partial charge in [-0.1, -0.05) is 136 Å². The first-order valence-electron chi connectivity index (χ1n) is 12.8. The Kier molecular flexibility index (Phi) is 21.9. The van der Waals surface area contributed by atoms with E-state index in [0.29, 0.717) is 0 Å². The van der Waals surface area contributed by atoms with Crippen LogP contribution in [0.5, 0.6) is 0 Å². The Hall–Kier alpha value is 0.137. The smallest absolute Gasteiger partial charge is 0.337 e. The molecule has 0 aromatic carbocycles. The molecule has 0 saturated heterocycles. The molecule has 0 unspecified atom stereocenters. The zero-order valence-corrected chi connectivity index (χ0v) is 21.2. The third kappa shape index (κ3) is 17.0. The molecule has 0 aliphatic carbocycles. The lowest BCUT2D eigenvalue weighted by Crippen LogP contribution is -2.39. The van der Waals surface area contributed by atoms with Crippen molar-refractivity contribution in [2.24, 2.45) is 0 Å². The first kappa shape index (κ1) is 28.1. The molecule has 0 rings (SSSR count). The van der Waals surface area contributed by atoms with E-state index in [2.05, 4.69) is 13.8 Å². The second-order valence-corrected chi connectivity index (χ2v) is 12.5. The maximum atomic E-state index is 5.90. The Morgan fingerprint density at radius 1 is 0.393 bits per heavy atom. The van der Waals surface area contributed by atoms with Gasteiger partial charge in [0, 0.05) is 14.2 Å². The van der Waals surface area contributed by atoms with Crippen molar-refractivity contribution in [1.29, 1.82) is 0 Å². The monoisotopic (exact) mass is 414 g/mol. The molecule has 0 fully saturated rings. The van der Waals surface area contributed by atoms with Gasteiger partial charge in [-0.15, -0.1) is 0 Å². The Balaban J connectivity index is 3.46. The topological polar surface area (TPSA) is 18.5 Å². The quantitative estimate of drug-likeness (QED) is 0.122. The van der Waals surface area contributed by atoms with Crippen molar-refractivity contribution < 1.29 is 8.85 Å². The fourth-order valence-corrected chi connectivity index (χ4v) is 7.01. The minimum Gasteiger partial charge on any atom is -0.398 e. The van der Waals surface area contributed by atoms with Crippen LogP contribution in [-0.4, -0.2) is 22.8 Å². The van der Waals surface area contributed by atoms with Crippen LogP contribution in [0, 0.1) is 0 Å². The standard InChI is InChI=1S/C25H54O2Si/c1-5-7-9-11-12-13-14-15-16-17-18-19-20-21-23-25-28(26-3,27-4)24-22-10-8-6-2/h5-25H2,1-4H3. The van der Waals surface area contributed by atoms with Crippen LogP contribution >= 0.6 is 0 Å². The lowest BCUT2D eigenvalue weighted by atomic mass is 10.0. The zero-order valence-electron chi connectivity index (χ0n) is 20.2. The van der Waals surface area contributed by atoms with Gasteiger partial charge in [-0.05, 0) is 12.1 Å². The summed E-state index contributed by atoms with van der Waals surface area (Å²) in [5, 5.41) is 0. The molecule has 2 nitrogen and oxygen atoms in total. The molecule has 3 heteroatoms. The first-order valence-corrected chi connectivity index (χ1v) is 15.1. The van der Waals surface area contributed by atoms with Gasteiger partial charge in [-0.3, -0.25) is 0 Å². The fourth-order valence-electron chi connectivity index (χ4n) is 4.20. The molecule has 0 aromatic rings. The summed E-state index contributed by atoms with van der Waals surface area (Å²) < 4.78 is 11.8. The molecule has 0 heterocycles. The average Bonchev–Trinajstić information content (AvgIpc) is 2.72. The molecule has 170 valence electrons. The van der Waals surface area contributed by atoms with Gasteiger partial charge in [0.25, 0.3) is 0 Å². The van der Waals surface area contributed by atoms with E-state index in [1.807, 2.05) is 14.2 Å². The number of hydrogen-bond acceptors (Lipinski definition) is 2. The maximum Gasteiger partial charge on any atom is 0.337 e. The van der Waals surface area contributed by atoms with E-state index in [0.717, 1.165) is 0 Å². The fraction of sp³-hybridized carbons (Fsp3) is 1.00. The van der Waals surface area contributed by atoms with Gasteiger partial charge in [0.15, 0.2) is 0 Å². The van der Waals surface area contributed by atoms with Crippen molar-refractivity contribution in [3.63, 3.8) is 0 Å². The minimum absolute atomic E-state index is 1.18. The number of hydrogen-bond donors (Lipinski definition) is 0. The van der Waals surface area contributed by atoms with Crippen LogP contribution < -0.4 is 0 Å². The Bertz CT molecular complexity index is 292. The highest BCUT2D eigenvalue weighted by Gasteiger charge is 2.33.